The number of hydrogen-bond donors (Lipinski definition) is 1. The van der Waals surface area contributed by atoms with Crippen LogP contribution < -0.4 is 0 Å². The van der Waals surface area contributed by atoms with Crippen molar-refractivity contribution in [3.8, 4) is 0 Å². The van der Waals surface area contributed by atoms with Crippen LogP contribution in [0.1, 0.15) is 39.5 Å². The maximum absolute atomic E-state index is 9.78. The fourth-order valence-corrected chi connectivity index (χ4v) is 2.62. The van der Waals surface area contributed by atoms with Crippen LogP contribution in [-0.2, 0) is 0 Å². The molecule has 1 N–H and O–H groups in total. The Labute approximate surface area is 79.9 Å². The summed E-state index contributed by atoms with van der Waals surface area (Å²) < 4.78 is 0. The Morgan fingerprint density at radius 3 is 2.42 bits per heavy atom. The Morgan fingerprint density at radius 2 is 1.92 bits per heavy atom. The molecule has 1 aliphatic carbocycles. The Balaban J connectivity index is 2.13. The predicted octanol–water partition coefficient (Wildman–Crippen LogP) is 2.68. The van der Waals surface area contributed by atoms with Gasteiger partial charge in [0.05, 0.1) is 6.10 Å². The third-order valence-corrected chi connectivity index (χ3v) is 3.74. The third kappa shape index (κ3) is 3.36. The standard InChI is InChI=1S/C10H20OS/c1-8(2)12-7-10(11)9-5-3-4-6-9/h8-11H,3-7H2,1-2H3. The topological polar surface area (TPSA) is 20.2 Å². The third-order valence-electron chi connectivity index (χ3n) is 2.54. The first kappa shape index (κ1) is 10.4. The summed E-state index contributed by atoms with van der Waals surface area (Å²) in [4.78, 5) is 0. The minimum absolute atomic E-state index is 0.0418. The average molecular weight is 188 g/mol. The van der Waals surface area contributed by atoms with E-state index in [1.165, 1.54) is 25.7 Å². The fraction of sp³-hybridized carbons (Fsp3) is 1.00. The molecule has 0 aromatic rings. The second-order valence-corrected chi connectivity index (χ2v) is 5.60. The number of aliphatic hydroxyl groups excluding tert-OH is 1. The molecule has 1 rings (SSSR count). The number of thioether (sulfide) groups is 1. The van der Waals surface area contributed by atoms with E-state index in [4.69, 9.17) is 0 Å². The molecule has 12 heavy (non-hydrogen) atoms. The molecular formula is C10H20OS. The molecule has 0 radical (unpaired) electrons. The zero-order valence-corrected chi connectivity index (χ0v) is 8.94. The van der Waals surface area contributed by atoms with Crippen molar-refractivity contribution in [3.63, 3.8) is 0 Å². The quantitative estimate of drug-likeness (QED) is 0.732. The lowest BCUT2D eigenvalue weighted by Gasteiger charge is -2.17. The van der Waals surface area contributed by atoms with Gasteiger partial charge in [-0.1, -0.05) is 26.7 Å². The van der Waals surface area contributed by atoms with Crippen molar-refractivity contribution in [1.29, 1.82) is 0 Å². The lowest BCUT2D eigenvalue weighted by molar-refractivity contribution is 0.133. The van der Waals surface area contributed by atoms with E-state index in [9.17, 15) is 5.11 Å². The highest BCUT2D eigenvalue weighted by Gasteiger charge is 2.22. The van der Waals surface area contributed by atoms with Crippen LogP contribution in [0.25, 0.3) is 0 Å². The van der Waals surface area contributed by atoms with Gasteiger partial charge in [-0.05, 0) is 24.0 Å². The van der Waals surface area contributed by atoms with Crippen molar-refractivity contribution in [2.45, 2.75) is 50.9 Å². The van der Waals surface area contributed by atoms with Crippen molar-refractivity contribution in [1.82, 2.24) is 0 Å². The zero-order chi connectivity index (χ0) is 8.97. The van der Waals surface area contributed by atoms with E-state index in [0.29, 0.717) is 11.2 Å². The summed E-state index contributed by atoms with van der Waals surface area (Å²) in [6.45, 7) is 4.37. The summed E-state index contributed by atoms with van der Waals surface area (Å²) in [5, 5.41) is 10.4. The first-order valence-corrected chi connectivity index (χ1v) is 6.04. The number of aliphatic hydroxyl groups is 1. The molecule has 0 heterocycles. The summed E-state index contributed by atoms with van der Waals surface area (Å²) in [5.74, 6) is 1.54. The molecule has 1 saturated carbocycles. The van der Waals surface area contributed by atoms with E-state index in [1.54, 1.807) is 0 Å². The molecule has 0 aliphatic heterocycles. The minimum atomic E-state index is -0.0418. The highest BCUT2D eigenvalue weighted by atomic mass is 32.2. The Hall–Kier alpha value is 0.310. The van der Waals surface area contributed by atoms with E-state index in [2.05, 4.69) is 13.8 Å². The highest BCUT2D eigenvalue weighted by molar-refractivity contribution is 7.99. The van der Waals surface area contributed by atoms with Crippen LogP contribution in [0.2, 0.25) is 0 Å². The monoisotopic (exact) mass is 188 g/mol. The molecule has 0 bridgehead atoms. The van der Waals surface area contributed by atoms with Gasteiger partial charge in [0, 0.05) is 5.75 Å². The molecule has 72 valence electrons. The molecule has 0 aromatic heterocycles. The van der Waals surface area contributed by atoms with Gasteiger partial charge in [0.15, 0.2) is 0 Å². The van der Waals surface area contributed by atoms with Crippen molar-refractivity contribution in [3.05, 3.63) is 0 Å². The molecular weight excluding hydrogens is 168 g/mol. The molecule has 1 unspecified atom stereocenters. The minimum Gasteiger partial charge on any atom is -0.392 e. The molecule has 2 heteroatoms. The maximum Gasteiger partial charge on any atom is 0.0658 e. The van der Waals surface area contributed by atoms with Gasteiger partial charge >= 0.3 is 0 Å². The number of hydrogen-bond acceptors (Lipinski definition) is 2. The maximum atomic E-state index is 9.78. The second-order valence-electron chi connectivity index (χ2n) is 3.99. The molecule has 1 fully saturated rings. The first-order chi connectivity index (χ1) is 5.70. The van der Waals surface area contributed by atoms with Gasteiger partial charge in [-0.2, -0.15) is 11.8 Å². The predicted molar refractivity (Wildman–Crippen MR) is 55.6 cm³/mol. The van der Waals surface area contributed by atoms with Crippen LogP contribution in [0.5, 0.6) is 0 Å². The van der Waals surface area contributed by atoms with Crippen molar-refractivity contribution < 1.29 is 5.11 Å². The molecule has 1 atom stereocenters. The van der Waals surface area contributed by atoms with Crippen LogP contribution in [0.4, 0.5) is 0 Å². The highest BCUT2D eigenvalue weighted by Crippen LogP contribution is 2.29. The summed E-state index contributed by atoms with van der Waals surface area (Å²) >= 11 is 1.88. The molecule has 0 saturated heterocycles. The molecule has 1 nitrogen and oxygen atoms in total. The van der Waals surface area contributed by atoms with Gasteiger partial charge in [0.1, 0.15) is 0 Å². The summed E-state index contributed by atoms with van der Waals surface area (Å²) in [6, 6.07) is 0. The van der Waals surface area contributed by atoms with Crippen molar-refractivity contribution in [2.75, 3.05) is 5.75 Å². The Morgan fingerprint density at radius 1 is 1.33 bits per heavy atom. The van der Waals surface area contributed by atoms with Gasteiger partial charge in [-0.3, -0.25) is 0 Å². The van der Waals surface area contributed by atoms with Crippen LogP contribution >= 0.6 is 11.8 Å². The smallest absolute Gasteiger partial charge is 0.0658 e. The first-order valence-electron chi connectivity index (χ1n) is 5.00. The zero-order valence-electron chi connectivity index (χ0n) is 8.12. The Kier molecular flexibility index (Phi) is 4.44. The summed E-state index contributed by atoms with van der Waals surface area (Å²) in [7, 11) is 0. The van der Waals surface area contributed by atoms with Gasteiger partial charge in [0.2, 0.25) is 0 Å². The van der Waals surface area contributed by atoms with Crippen LogP contribution in [0.3, 0.4) is 0 Å². The van der Waals surface area contributed by atoms with Crippen LogP contribution in [-0.4, -0.2) is 22.2 Å². The largest absolute Gasteiger partial charge is 0.392 e. The van der Waals surface area contributed by atoms with Crippen molar-refractivity contribution in [2.24, 2.45) is 5.92 Å². The SMILES string of the molecule is CC(C)SCC(O)C1CCCC1. The lowest BCUT2D eigenvalue weighted by Crippen LogP contribution is -2.20. The van der Waals surface area contributed by atoms with E-state index >= 15 is 0 Å². The summed E-state index contributed by atoms with van der Waals surface area (Å²) in [6.07, 6.45) is 5.11. The molecule has 0 amide bonds. The molecule has 0 spiro atoms. The molecule has 0 aromatic carbocycles. The van der Waals surface area contributed by atoms with Gasteiger partial charge in [-0.15, -0.1) is 0 Å². The van der Waals surface area contributed by atoms with E-state index in [1.807, 2.05) is 11.8 Å². The fourth-order valence-electron chi connectivity index (χ4n) is 1.77. The Bertz CT molecular complexity index is 119. The van der Waals surface area contributed by atoms with Crippen LogP contribution in [0, 0.1) is 5.92 Å². The van der Waals surface area contributed by atoms with E-state index in [-0.39, 0.29) is 6.10 Å². The summed E-state index contributed by atoms with van der Waals surface area (Å²) in [5.41, 5.74) is 0. The normalized spacial score (nSPS) is 22.0. The van der Waals surface area contributed by atoms with Gasteiger partial charge < -0.3 is 5.11 Å². The van der Waals surface area contributed by atoms with E-state index < -0.39 is 0 Å². The van der Waals surface area contributed by atoms with Crippen LogP contribution in [0.15, 0.2) is 0 Å². The second kappa shape index (κ2) is 5.13. The number of rotatable bonds is 4. The van der Waals surface area contributed by atoms with Crippen molar-refractivity contribution >= 4 is 11.8 Å². The van der Waals surface area contributed by atoms with E-state index in [0.717, 1.165) is 5.75 Å². The van der Waals surface area contributed by atoms with Gasteiger partial charge in [0.25, 0.3) is 0 Å². The average Bonchev–Trinajstić information content (AvgIpc) is 2.51. The lowest BCUT2D eigenvalue weighted by atomic mass is 10.0. The molecule has 1 aliphatic rings. The van der Waals surface area contributed by atoms with Gasteiger partial charge in [-0.25, -0.2) is 0 Å².